The highest BCUT2D eigenvalue weighted by atomic mass is 16.5. The highest BCUT2D eigenvalue weighted by molar-refractivity contribution is 6.12. The minimum absolute atomic E-state index is 0.0408. The number of primary amides is 1. The van der Waals surface area contributed by atoms with Gasteiger partial charge in [0.25, 0.3) is 11.8 Å². The Kier molecular flexibility index (Phi) is 18.4. The SMILES string of the molecule is Cc1cccc(-c2[nH]c(CCc3cncc(CNC(=O)OCc4ccc(NC(=O)[C@H](CCCNC(N)=O)CC(=O)[C@@H](NC(=O)CCCCCN5C(=O)C=CC5=O)C(C)C)cc4)c3)nc2-c2ccc3ncnn3c2)n1. The number of urea groups is 1. The number of hydrogen-bond acceptors (Lipinski definition) is 13. The zero-order valence-corrected chi connectivity index (χ0v) is 41.6. The maximum absolute atomic E-state index is 13.7. The summed E-state index contributed by atoms with van der Waals surface area (Å²) in [6.45, 7) is 6.18. The molecule has 0 fully saturated rings. The van der Waals surface area contributed by atoms with E-state index in [1.165, 1.54) is 18.5 Å². The third-order valence-corrected chi connectivity index (χ3v) is 12.3. The topological polar surface area (TPSA) is 291 Å². The number of ketones is 1. The van der Waals surface area contributed by atoms with Crippen LogP contribution in [0.3, 0.4) is 0 Å². The van der Waals surface area contributed by atoms with E-state index in [0.29, 0.717) is 49.8 Å². The Labute approximate surface area is 427 Å². The molecule has 1 aliphatic rings. The Morgan fingerprint density at radius 1 is 0.851 bits per heavy atom. The minimum atomic E-state index is -0.842. The number of unbranched alkanes of at least 4 members (excludes halogenated alkanes) is 2. The molecule has 0 radical (unpaired) electrons. The number of alkyl carbamates (subject to hydrolysis) is 1. The van der Waals surface area contributed by atoms with Gasteiger partial charge in [-0.3, -0.25) is 38.8 Å². The molecule has 1 aliphatic heterocycles. The summed E-state index contributed by atoms with van der Waals surface area (Å²) in [4.78, 5) is 111. The number of pyridine rings is 3. The lowest BCUT2D eigenvalue weighted by Crippen LogP contribution is -2.45. The third kappa shape index (κ3) is 15.2. The fourth-order valence-corrected chi connectivity index (χ4v) is 8.42. The number of hydrogen-bond donors (Lipinski definition) is 6. The second-order valence-corrected chi connectivity index (χ2v) is 18.4. The summed E-state index contributed by atoms with van der Waals surface area (Å²) in [6.07, 6.45) is 12.2. The van der Waals surface area contributed by atoms with Crippen LogP contribution in [0.4, 0.5) is 15.3 Å². The van der Waals surface area contributed by atoms with Gasteiger partial charge in [0.1, 0.15) is 18.8 Å². The number of anilines is 1. The molecule has 0 saturated heterocycles. The molecular formula is C53H61N13O8. The van der Waals surface area contributed by atoms with E-state index in [1.807, 2.05) is 63.4 Å². The summed E-state index contributed by atoms with van der Waals surface area (Å²) in [5.74, 6) is -2.03. The number of benzene rings is 1. The predicted molar refractivity (Wildman–Crippen MR) is 273 cm³/mol. The van der Waals surface area contributed by atoms with Gasteiger partial charge in [-0.15, -0.1) is 0 Å². The maximum Gasteiger partial charge on any atom is 0.407 e. The number of aromatic amines is 1. The van der Waals surface area contributed by atoms with Crippen molar-refractivity contribution in [2.75, 3.05) is 18.4 Å². The largest absolute Gasteiger partial charge is 0.445 e. The lowest BCUT2D eigenvalue weighted by Gasteiger charge is -2.24. The van der Waals surface area contributed by atoms with Gasteiger partial charge in [0.05, 0.1) is 23.1 Å². The summed E-state index contributed by atoms with van der Waals surface area (Å²) in [6, 6.07) is 16.9. The average molecular weight is 1010 g/mol. The van der Waals surface area contributed by atoms with E-state index in [4.69, 9.17) is 20.4 Å². The zero-order valence-electron chi connectivity index (χ0n) is 41.6. The number of fused-ring (bicyclic) bond motifs is 1. The van der Waals surface area contributed by atoms with Gasteiger partial charge in [-0.05, 0) is 98.0 Å². The lowest BCUT2D eigenvalue weighted by atomic mass is 9.89. The number of aromatic nitrogens is 7. The second-order valence-electron chi connectivity index (χ2n) is 18.4. The molecule has 5 aromatic heterocycles. The molecule has 2 atom stereocenters. The van der Waals surface area contributed by atoms with Crippen molar-refractivity contribution in [3.05, 3.63) is 126 Å². The number of ether oxygens (including phenoxy) is 1. The van der Waals surface area contributed by atoms with Crippen molar-refractivity contribution < 1.29 is 38.3 Å². The maximum atomic E-state index is 13.7. The number of H-pyrrole nitrogens is 1. The molecule has 0 spiro atoms. The molecule has 7 rings (SSSR count). The first kappa shape index (κ1) is 53.2. The smallest absolute Gasteiger partial charge is 0.407 e. The highest BCUT2D eigenvalue weighted by Crippen LogP contribution is 2.30. The lowest BCUT2D eigenvalue weighted by molar-refractivity contribution is -0.137. The van der Waals surface area contributed by atoms with Crippen LogP contribution in [0.2, 0.25) is 0 Å². The molecule has 0 saturated carbocycles. The van der Waals surface area contributed by atoms with Gasteiger partial charge >= 0.3 is 12.1 Å². The molecule has 0 aliphatic carbocycles. The molecule has 386 valence electrons. The van der Waals surface area contributed by atoms with E-state index < -0.39 is 30.0 Å². The molecule has 6 heterocycles. The summed E-state index contributed by atoms with van der Waals surface area (Å²) in [5, 5.41) is 15.3. The monoisotopic (exact) mass is 1010 g/mol. The van der Waals surface area contributed by atoms with Crippen LogP contribution >= 0.6 is 0 Å². The van der Waals surface area contributed by atoms with Crippen LogP contribution in [-0.4, -0.2) is 100 Å². The van der Waals surface area contributed by atoms with E-state index >= 15 is 0 Å². The van der Waals surface area contributed by atoms with E-state index in [2.05, 4.69) is 41.3 Å². The van der Waals surface area contributed by atoms with Crippen LogP contribution in [0.1, 0.15) is 87.0 Å². The number of amides is 7. The molecule has 74 heavy (non-hydrogen) atoms. The molecule has 7 N–H and O–H groups in total. The fraction of sp³-hybridized carbons (Fsp3) is 0.358. The molecule has 1 aromatic carbocycles. The van der Waals surface area contributed by atoms with Crippen LogP contribution < -0.4 is 27.0 Å². The predicted octanol–water partition coefficient (Wildman–Crippen LogP) is 5.69. The number of imide groups is 1. The number of rotatable bonds is 26. The first-order valence-electron chi connectivity index (χ1n) is 24.6. The van der Waals surface area contributed by atoms with E-state index in [0.717, 1.165) is 55.8 Å². The number of carbonyl (C=O) groups excluding carboxylic acids is 7. The number of carbonyl (C=O) groups is 7. The quantitative estimate of drug-likeness (QED) is 0.0282. The molecule has 0 bridgehead atoms. The Morgan fingerprint density at radius 3 is 2.39 bits per heavy atom. The number of imidazole rings is 1. The van der Waals surface area contributed by atoms with Crippen LogP contribution in [0.5, 0.6) is 0 Å². The molecule has 0 unspecified atom stereocenters. The molecule has 6 aromatic rings. The molecule has 21 nitrogen and oxygen atoms in total. The van der Waals surface area contributed by atoms with Gasteiger partial charge in [-0.25, -0.2) is 24.1 Å². The van der Waals surface area contributed by atoms with Gasteiger partial charge in [0.15, 0.2) is 11.4 Å². The summed E-state index contributed by atoms with van der Waals surface area (Å²) < 4.78 is 7.19. The van der Waals surface area contributed by atoms with Crippen molar-refractivity contribution in [3.63, 3.8) is 0 Å². The van der Waals surface area contributed by atoms with Crippen LogP contribution in [0.15, 0.2) is 97.7 Å². The number of Topliss-reactive ketones (excluding diaryl/α,β-unsaturated/α-hetero) is 1. The van der Waals surface area contributed by atoms with Gasteiger partial charge in [-0.1, -0.05) is 44.5 Å². The number of nitrogens with one attached hydrogen (secondary N) is 5. The normalized spacial score (nSPS) is 13.0. The second kappa shape index (κ2) is 25.7. The van der Waals surface area contributed by atoms with Crippen LogP contribution in [0.25, 0.3) is 28.3 Å². The van der Waals surface area contributed by atoms with Gasteiger partial charge in [-0.2, -0.15) is 5.10 Å². The van der Waals surface area contributed by atoms with Crippen LogP contribution in [-0.2, 0) is 54.7 Å². The Balaban J connectivity index is 0.868. The fourth-order valence-electron chi connectivity index (χ4n) is 8.42. The number of nitrogens with two attached hydrogens (primary N) is 1. The van der Waals surface area contributed by atoms with Crippen molar-refractivity contribution in [2.24, 2.45) is 17.6 Å². The Bertz CT molecular complexity index is 2980. The van der Waals surface area contributed by atoms with E-state index in [-0.39, 0.29) is 74.9 Å². The molecular weight excluding hydrogens is 947 g/mol. The first-order chi connectivity index (χ1) is 35.7. The van der Waals surface area contributed by atoms with Gasteiger partial charge in [0.2, 0.25) is 11.8 Å². The molecule has 21 heteroatoms. The van der Waals surface area contributed by atoms with E-state index in [1.54, 1.807) is 41.2 Å². The van der Waals surface area contributed by atoms with Crippen molar-refractivity contribution in [3.8, 4) is 22.6 Å². The number of nitrogens with zero attached hydrogens (tertiary/aromatic N) is 7. The van der Waals surface area contributed by atoms with Crippen molar-refractivity contribution >= 4 is 52.9 Å². The summed E-state index contributed by atoms with van der Waals surface area (Å²) in [7, 11) is 0. The van der Waals surface area contributed by atoms with Gasteiger partial charge in [0, 0.05) is 92.5 Å². The minimum Gasteiger partial charge on any atom is -0.445 e. The Hall–Kier alpha value is -8.62. The summed E-state index contributed by atoms with van der Waals surface area (Å²) >= 11 is 0. The molecule has 7 amide bonds. The van der Waals surface area contributed by atoms with Crippen molar-refractivity contribution in [1.29, 1.82) is 0 Å². The first-order valence-corrected chi connectivity index (χ1v) is 24.6. The summed E-state index contributed by atoms with van der Waals surface area (Å²) in [5.41, 5.74) is 12.9. The highest BCUT2D eigenvalue weighted by Gasteiger charge is 2.30. The van der Waals surface area contributed by atoms with Crippen molar-refractivity contribution in [2.45, 2.75) is 97.8 Å². The zero-order chi connectivity index (χ0) is 52.6. The van der Waals surface area contributed by atoms with Crippen molar-refractivity contribution in [1.82, 2.24) is 55.4 Å². The standard InChI is InChI=1S/C53H61N13O8/c1-33(2)48(64-45(68)12-5-4-6-24-65-46(69)21-22-47(65)70)42(67)26-38(10-8-23-56-52(54)72)51(71)61-40-17-13-35(14-18-40)31-74-53(73)57-29-37-25-36(27-55-28-37)15-19-43-62-49(39-16-20-44-58-32-59-66(44)30-39)50(63-43)41-11-7-9-34(3)60-41/h7,9,11,13-14,16-18,20-22,25,27-28,30,32-33,38,48H,4-6,8,10,12,15,19,23-24,26,29,31H2,1-3H3,(H,57,73)(H,61,71)(H,62,63)(H,64,68)(H3,54,56,72)/t38-,48+/m1/s1. The number of aryl methyl sites for hydroxylation is 3. The van der Waals surface area contributed by atoms with E-state index in [9.17, 15) is 33.6 Å². The Morgan fingerprint density at radius 2 is 1.64 bits per heavy atom. The third-order valence-electron chi connectivity index (χ3n) is 12.3. The van der Waals surface area contributed by atoms with Gasteiger partial charge < -0.3 is 36.7 Å². The van der Waals surface area contributed by atoms with Crippen LogP contribution in [0, 0.1) is 18.8 Å². The average Bonchev–Trinajstić information content (AvgIpc) is 4.13.